The van der Waals surface area contributed by atoms with Crippen molar-refractivity contribution in [3.63, 3.8) is 0 Å². The number of ketones is 2. The zero-order chi connectivity index (χ0) is 17.2. The van der Waals surface area contributed by atoms with Crippen LogP contribution in [0.15, 0.2) is 0 Å². The lowest BCUT2D eigenvalue weighted by Gasteiger charge is -2.24. The molecule has 0 aromatic rings. The number of hydrogen-bond donors (Lipinski definition) is 0. The van der Waals surface area contributed by atoms with Gasteiger partial charge >= 0.3 is 5.97 Å². The minimum atomic E-state index is -0.758. The third kappa shape index (κ3) is 6.08. The minimum absolute atomic E-state index is 0.139. The molecule has 0 amide bonds. The van der Waals surface area contributed by atoms with Crippen molar-refractivity contribution in [2.24, 2.45) is 17.8 Å². The topological polar surface area (TPSA) is 60.4 Å². The SMILES string of the molecule is CCCCCCCCC1C(=O)CCC1C(C(C)=O)C(=O)OCC. The van der Waals surface area contributed by atoms with Crippen LogP contribution in [-0.4, -0.2) is 24.1 Å². The van der Waals surface area contributed by atoms with Gasteiger partial charge in [0.25, 0.3) is 0 Å². The Bertz CT molecular complexity index is 402. The lowest BCUT2D eigenvalue weighted by Crippen LogP contribution is -2.34. The van der Waals surface area contributed by atoms with E-state index >= 15 is 0 Å². The largest absolute Gasteiger partial charge is 0.465 e. The summed E-state index contributed by atoms with van der Waals surface area (Å²) in [6.07, 6.45) is 9.01. The van der Waals surface area contributed by atoms with E-state index < -0.39 is 11.9 Å². The first-order chi connectivity index (χ1) is 11.0. The fraction of sp³-hybridized carbons (Fsp3) is 0.842. The molecule has 0 bridgehead atoms. The van der Waals surface area contributed by atoms with Crippen LogP contribution >= 0.6 is 0 Å². The van der Waals surface area contributed by atoms with Crippen molar-refractivity contribution < 1.29 is 19.1 Å². The Morgan fingerprint density at radius 2 is 1.78 bits per heavy atom. The van der Waals surface area contributed by atoms with Gasteiger partial charge in [-0.3, -0.25) is 14.4 Å². The van der Waals surface area contributed by atoms with E-state index in [4.69, 9.17) is 4.74 Å². The van der Waals surface area contributed by atoms with Crippen LogP contribution in [0.5, 0.6) is 0 Å². The van der Waals surface area contributed by atoms with Gasteiger partial charge in [0, 0.05) is 12.3 Å². The molecule has 0 heterocycles. The molecule has 0 aliphatic heterocycles. The van der Waals surface area contributed by atoms with Gasteiger partial charge in [0.2, 0.25) is 0 Å². The summed E-state index contributed by atoms with van der Waals surface area (Å²) in [5.41, 5.74) is 0. The van der Waals surface area contributed by atoms with Crippen LogP contribution in [0.1, 0.15) is 78.6 Å². The van der Waals surface area contributed by atoms with Crippen LogP contribution in [0.4, 0.5) is 0 Å². The van der Waals surface area contributed by atoms with Crippen LogP contribution < -0.4 is 0 Å². The van der Waals surface area contributed by atoms with E-state index in [1.807, 2.05) is 0 Å². The molecule has 0 saturated heterocycles. The number of carbonyl (C=O) groups excluding carboxylic acids is 3. The Hall–Kier alpha value is -1.19. The number of Topliss-reactive ketones (excluding diaryl/α,β-unsaturated/α-hetero) is 2. The molecule has 0 aromatic heterocycles. The lowest BCUT2D eigenvalue weighted by molar-refractivity contribution is -0.154. The van der Waals surface area contributed by atoms with Gasteiger partial charge in [-0.05, 0) is 32.6 Å². The molecule has 1 aliphatic rings. The van der Waals surface area contributed by atoms with Crippen molar-refractivity contribution >= 4 is 17.5 Å². The molecule has 1 aliphatic carbocycles. The first-order valence-corrected chi connectivity index (χ1v) is 9.22. The van der Waals surface area contributed by atoms with Crippen LogP contribution in [0.25, 0.3) is 0 Å². The first-order valence-electron chi connectivity index (χ1n) is 9.22. The predicted octanol–water partition coefficient (Wildman–Crippen LogP) is 4.10. The summed E-state index contributed by atoms with van der Waals surface area (Å²) >= 11 is 0. The summed E-state index contributed by atoms with van der Waals surface area (Å²) in [4.78, 5) is 36.2. The maximum atomic E-state index is 12.2. The molecule has 1 rings (SSSR count). The quantitative estimate of drug-likeness (QED) is 0.326. The van der Waals surface area contributed by atoms with Gasteiger partial charge in [-0.1, -0.05) is 45.4 Å². The predicted molar refractivity (Wildman–Crippen MR) is 90.0 cm³/mol. The summed E-state index contributed by atoms with van der Waals surface area (Å²) in [7, 11) is 0. The molecule has 1 fully saturated rings. The molecular formula is C19H32O4. The maximum Gasteiger partial charge on any atom is 0.316 e. The second kappa shape index (κ2) is 10.6. The molecule has 3 atom stereocenters. The van der Waals surface area contributed by atoms with Crippen molar-refractivity contribution in [2.75, 3.05) is 6.61 Å². The van der Waals surface area contributed by atoms with Gasteiger partial charge in [0.15, 0.2) is 0 Å². The third-order valence-corrected chi connectivity index (χ3v) is 4.93. The number of esters is 1. The summed E-state index contributed by atoms with van der Waals surface area (Å²) in [5, 5.41) is 0. The van der Waals surface area contributed by atoms with Crippen LogP contribution in [0.3, 0.4) is 0 Å². The Kier molecular flexibility index (Phi) is 9.12. The molecule has 0 spiro atoms. The zero-order valence-electron chi connectivity index (χ0n) is 14.9. The Morgan fingerprint density at radius 3 is 2.39 bits per heavy atom. The molecule has 4 heteroatoms. The number of ether oxygens (including phenoxy) is 1. The number of carbonyl (C=O) groups is 3. The monoisotopic (exact) mass is 324 g/mol. The van der Waals surface area contributed by atoms with Crippen molar-refractivity contribution in [1.82, 2.24) is 0 Å². The molecule has 23 heavy (non-hydrogen) atoms. The van der Waals surface area contributed by atoms with E-state index in [1.54, 1.807) is 6.92 Å². The normalized spacial score (nSPS) is 22.1. The van der Waals surface area contributed by atoms with E-state index in [-0.39, 0.29) is 30.0 Å². The fourth-order valence-corrected chi connectivity index (χ4v) is 3.73. The van der Waals surface area contributed by atoms with E-state index in [2.05, 4.69) is 6.92 Å². The van der Waals surface area contributed by atoms with Gasteiger partial charge in [-0.2, -0.15) is 0 Å². The van der Waals surface area contributed by atoms with E-state index in [0.717, 1.165) is 19.3 Å². The summed E-state index contributed by atoms with van der Waals surface area (Å²) < 4.78 is 5.06. The van der Waals surface area contributed by atoms with Crippen molar-refractivity contribution in [3.8, 4) is 0 Å². The van der Waals surface area contributed by atoms with E-state index in [0.29, 0.717) is 12.8 Å². The Labute approximate surface area is 140 Å². The van der Waals surface area contributed by atoms with Crippen molar-refractivity contribution in [3.05, 3.63) is 0 Å². The van der Waals surface area contributed by atoms with Gasteiger partial charge in [-0.25, -0.2) is 0 Å². The second-order valence-electron chi connectivity index (χ2n) is 6.67. The molecular weight excluding hydrogens is 292 g/mol. The minimum Gasteiger partial charge on any atom is -0.465 e. The molecule has 3 unspecified atom stereocenters. The van der Waals surface area contributed by atoms with Crippen molar-refractivity contribution in [2.45, 2.75) is 78.6 Å². The van der Waals surface area contributed by atoms with E-state index in [1.165, 1.54) is 32.6 Å². The molecule has 0 N–H and O–H groups in total. The van der Waals surface area contributed by atoms with Gasteiger partial charge in [0.05, 0.1) is 6.61 Å². The van der Waals surface area contributed by atoms with Crippen LogP contribution in [0.2, 0.25) is 0 Å². The smallest absolute Gasteiger partial charge is 0.316 e. The van der Waals surface area contributed by atoms with Crippen LogP contribution in [-0.2, 0) is 19.1 Å². The molecule has 1 saturated carbocycles. The summed E-state index contributed by atoms with van der Waals surface area (Å²) in [5.74, 6) is -1.46. The highest BCUT2D eigenvalue weighted by Gasteiger charge is 2.44. The van der Waals surface area contributed by atoms with Gasteiger partial charge < -0.3 is 4.74 Å². The van der Waals surface area contributed by atoms with Gasteiger partial charge in [0.1, 0.15) is 17.5 Å². The highest BCUT2D eigenvalue weighted by molar-refractivity contribution is 5.99. The average Bonchev–Trinajstić information content (AvgIpc) is 2.84. The lowest BCUT2D eigenvalue weighted by atomic mass is 9.79. The standard InChI is InChI=1S/C19H32O4/c1-4-6-7-8-9-10-11-15-16(12-13-17(15)21)18(14(3)20)19(22)23-5-2/h15-16,18H,4-13H2,1-3H3. The fourth-order valence-electron chi connectivity index (χ4n) is 3.73. The molecule has 132 valence electrons. The highest BCUT2D eigenvalue weighted by atomic mass is 16.5. The maximum absolute atomic E-state index is 12.2. The second-order valence-corrected chi connectivity index (χ2v) is 6.67. The Morgan fingerprint density at radius 1 is 1.13 bits per heavy atom. The highest BCUT2D eigenvalue weighted by Crippen LogP contribution is 2.38. The third-order valence-electron chi connectivity index (χ3n) is 4.93. The van der Waals surface area contributed by atoms with Crippen molar-refractivity contribution in [1.29, 1.82) is 0 Å². The zero-order valence-corrected chi connectivity index (χ0v) is 14.9. The number of unbranched alkanes of at least 4 members (excludes halogenated alkanes) is 5. The van der Waals surface area contributed by atoms with E-state index in [9.17, 15) is 14.4 Å². The number of hydrogen-bond acceptors (Lipinski definition) is 4. The Balaban J connectivity index is 2.59. The first kappa shape index (κ1) is 19.9. The molecule has 0 aromatic carbocycles. The molecule has 0 radical (unpaired) electrons. The van der Waals surface area contributed by atoms with Gasteiger partial charge in [-0.15, -0.1) is 0 Å². The summed E-state index contributed by atoms with van der Waals surface area (Å²) in [6, 6.07) is 0. The average molecular weight is 324 g/mol. The van der Waals surface area contributed by atoms with Crippen LogP contribution in [0, 0.1) is 17.8 Å². The summed E-state index contributed by atoms with van der Waals surface area (Å²) in [6.45, 7) is 5.64. The number of rotatable bonds is 11. The molecule has 4 nitrogen and oxygen atoms in total.